The maximum Gasteiger partial charge on any atom is 0.303 e. The molecule has 2 heteroatoms. The van der Waals surface area contributed by atoms with Crippen molar-refractivity contribution in [1.82, 2.24) is 0 Å². The lowest BCUT2D eigenvalue weighted by molar-refractivity contribution is -0.171. The first kappa shape index (κ1) is 13.5. The van der Waals surface area contributed by atoms with Crippen LogP contribution in [0.1, 0.15) is 66.7 Å². The molecule has 0 heterocycles. The van der Waals surface area contributed by atoms with Gasteiger partial charge in [-0.05, 0) is 61.7 Å². The van der Waals surface area contributed by atoms with Crippen LogP contribution >= 0.6 is 0 Å². The molecule has 0 aromatic carbocycles. The molecule has 2 nitrogen and oxygen atoms in total. The largest absolute Gasteiger partial charge is 0.459 e. The van der Waals surface area contributed by atoms with E-state index in [1.165, 1.54) is 25.7 Å². The van der Waals surface area contributed by atoms with Gasteiger partial charge in [0, 0.05) is 12.8 Å². The first-order valence-electron chi connectivity index (χ1n) is 7.92. The lowest BCUT2D eigenvalue weighted by Gasteiger charge is -2.46. The number of ether oxygens (including phenoxy) is 1. The van der Waals surface area contributed by atoms with E-state index in [2.05, 4.69) is 27.7 Å². The molecule has 5 atom stereocenters. The Balaban J connectivity index is 1.99. The SMILES string of the molecule is CC(=O)O[C@@]1(C)CC[C@@]23C[C@@H]1C(C)(C)[C@@H]2CC[C@@H]3C. The zero-order chi connectivity index (χ0) is 14.1. The minimum atomic E-state index is -0.232. The molecule has 3 aliphatic rings. The summed E-state index contributed by atoms with van der Waals surface area (Å²) in [5.74, 6) is 2.10. The predicted molar refractivity (Wildman–Crippen MR) is 75.6 cm³/mol. The average molecular weight is 264 g/mol. The summed E-state index contributed by atoms with van der Waals surface area (Å²) < 4.78 is 5.80. The zero-order valence-corrected chi connectivity index (χ0v) is 13.1. The highest BCUT2D eigenvalue weighted by Crippen LogP contribution is 2.73. The van der Waals surface area contributed by atoms with E-state index in [9.17, 15) is 4.79 Å². The van der Waals surface area contributed by atoms with Crippen molar-refractivity contribution >= 4 is 5.97 Å². The molecule has 0 unspecified atom stereocenters. The molecule has 0 N–H and O–H groups in total. The molecular formula is C17H28O2. The topological polar surface area (TPSA) is 26.3 Å². The van der Waals surface area contributed by atoms with Crippen LogP contribution in [0.15, 0.2) is 0 Å². The van der Waals surface area contributed by atoms with Crippen LogP contribution < -0.4 is 0 Å². The van der Waals surface area contributed by atoms with Gasteiger partial charge in [-0.1, -0.05) is 20.8 Å². The lowest BCUT2D eigenvalue weighted by atomic mass is 9.64. The molecule has 0 radical (unpaired) electrons. The Morgan fingerprint density at radius 3 is 2.42 bits per heavy atom. The number of fused-ring (bicyclic) bond motifs is 1. The molecule has 108 valence electrons. The van der Waals surface area contributed by atoms with Gasteiger partial charge in [-0.3, -0.25) is 4.79 Å². The zero-order valence-electron chi connectivity index (χ0n) is 13.1. The molecule has 3 aliphatic carbocycles. The minimum absolute atomic E-state index is 0.112. The molecule has 2 bridgehead atoms. The fraction of sp³-hybridized carbons (Fsp3) is 0.941. The Bertz CT molecular complexity index is 413. The Hall–Kier alpha value is -0.530. The van der Waals surface area contributed by atoms with Crippen molar-refractivity contribution in [2.75, 3.05) is 0 Å². The first-order chi connectivity index (χ1) is 8.72. The summed E-state index contributed by atoms with van der Waals surface area (Å²) in [7, 11) is 0. The van der Waals surface area contributed by atoms with Crippen LogP contribution in [0.25, 0.3) is 0 Å². The molecule has 0 aromatic rings. The maximum atomic E-state index is 11.5. The molecule has 0 aliphatic heterocycles. The molecule has 3 saturated carbocycles. The summed E-state index contributed by atoms with van der Waals surface area (Å²) in [6, 6.07) is 0. The molecule has 0 saturated heterocycles. The number of carbonyl (C=O) groups excluding carboxylic acids is 1. The van der Waals surface area contributed by atoms with Crippen molar-refractivity contribution in [2.24, 2.45) is 28.6 Å². The standard InChI is InChI=1S/C17H28O2/c1-11-6-7-13-15(3,4)14-10-17(11,13)9-8-16(14,5)19-12(2)18/h11,13-14H,6-10H2,1-5H3/t11-,13-,14+,16-,17-/m0/s1. The monoisotopic (exact) mass is 264 g/mol. The molecule has 0 amide bonds. The third kappa shape index (κ3) is 1.58. The van der Waals surface area contributed by atoms with Crippen LogP contribution in [0.2, 0.25) is 0 Å². The van der Waals surface area contributed by atoms with Gasteiger partial charge >= 0.3 is 5.97 Å². The smallest absolute Gasteiger partial charge is 0.303 e. The second kappa shape index (κ2) is 3.77. The highest BCUT2D eigenvalue weighted by molar-refractivity contribution is 5.66. The predicted octanol–water partition coefficient (Wildman–Crippen LogP) is 4.18. The quantitative estimate of drug-likeness (QED) is 0.664. The van der Waals surface area contributed by atoms with Gasteiger partial charge in [0.25, 0.3) is 0 Å². The second-order valence-electron chi connectivity index (χ2n) is 8.25. The van der Waals surface area contributed by atoms with Gasteiger partial charge in [0.15, 0.2) is 0 Å². The van der Waals surface area contributed by atoms with E-state index in [0.717, 1.165) is 18.3 Å². The van der Waals surface area contributed by atoms with E-state index < -0.39 is 0 Å². The summed E-state index contributed by atoms with van der Waals surface area (Å²) in [5.41, 5.74) is 0.629. The van der Waals surface area contributed by atoms with Crippen molar-refractivity contribution in [2.45, 2.75) is 72.3 Å². The Morgan fingerprint density at radius 1 is 1.11 bits per heavy atom. The van der Waals surface area contributed by atoms with Crippen LogP contribution in [0, 0.1) is 28.6 Å². The third-order valence-corrected chi connectivity index (χ3v) is 7.15. The van der Waals surface area contributed by atoms with Crippen LogP contribution in [0.4, 0.5) is 0 Å². The van der Waals surface area contributed by atoms with Crippen LogP contribution in [-0.4, -0.2) is 11.6 Å². The number of rotatable bonds is 1. The average Bonchev–Trinajstić information content (AvgIpc) is 2.69. The van der Waals surface area contributed by atoms with Crippen molar-refractivity contribution < 1.29 is 9.53 Å². The van der Waals surface area contributed by atoms with Gasteiger partial charge in [-0.2, -0.15) is 0 Å². The van der Waals surface area contributed by atoms with Gasteiger partial charge in [0.05, 0.1) is 0 Å². The van der Waals surface area contributed by atoms with E-state index in [1.54, 1.807) is 6.92 Å². The van der Waals surface area contributed by atoms with E-state index in [1.807, 2.05) is 0 Å². The van der Waals surface area contributed by atoms with Gasteiger partial charge in [0.2, 0.25) is 0 Å². The van der Waals surface area contributed by atoms with Gasteiger partial charge in [-0.25, -0.2) is 0 Å². The van der Waals surface area contributed by atoms with Crippen LogP contribution in [-0.2, 0) is 9.53 Å². The molecule has 3 fully saturated rings. The molecule has 3 rings (SSSR count). The number of hydrogen-bond acceptors (Lipinski definition) is 2. The maximum absolute atomic E-state index is 11.5. The Kier molecular flexibility index (Phi) is 2.67. The molecule has 0 aromatic heterocycles. The van der Waals surface area contributed by atoms with Crippen molar-refractivity contribution in [3.63, 3.8) is 0 Å². The number of esters is 1. The normalized spacial score (nSPS) is 50.9. The number of hydrogen-bond donors (Lipinski definition) is 0. The summed E-state index contributed by atoms with van der Waals surface area (Å²) in [5, 5.41) is 0. The highest BCUT2D eigenvalue weighted by Gasteiger charge is 2.68. The summed E-state index contributed by atoms with van der Waals surface area (Å²) in [4.78, 5) is 11.5. The minimum Gasteiger partial charge on any atom is -0.459 e. The van der Waals surface area contributed by atoms with E-state index >= 15 is 0 Å². The number of carbonyl (C=O) groups is 1. The van der Waals surface area contributed by atoms with E-state index in [0.29, 0.717) is 16.7 Å². The summed E-state index contributed by atoms with van der Waals surface area (Å²) in [6.45, 7) is 11.0. The summed E-state index contributed by atoms with van der Waals surface area (Å²) in [6.07, 6.45) is 6.35. The molecule has 1 spiro atoms. The van der Waals surface area contributed by atoms with Crippen LogP contribution in [0.3, 0.4) is 0 Å². The van der Waals surface area contributed by atoms with Gasteiger partial charge < -0.3 is 4.74 Å². The third-order valence-electron chi connectivity index (χ3n) is 7.15. The highest BCUT2D eigenvalue weighted by atomic mass is 16.6. The fourth-order valence-electron chi connectivity index (χ4n) is 6.31. The van der Waals surface area contributed by atoms with Crippen molar-refractivity contribution in [3.8, 4) is 0 Å². The lowest BCUT2D eigenvalue weighted by Crippen LogP contribution is -2.47. The molecule has 19 heavy (non-hydrogen) atoms. The fourth-order valence-corrected chi connectivity index (χ4v) is 6.31. The van der Waals surface area contributed by atoms with Crippen LogP contribution in [0.5, 0.6) is 0 Å². The second-order valence-corrected chi connectivity index (χ2v) is 8.25. The summed E-state index contributed by atoms with van der Waals surface area (Å²) >= 11 is 0. The van der Waals surface area contributed by atoms with Crippen molar-refractivity contribution in [1.29, 1.82) is 0 Å². The Morgan fingerprint density at radius 2 is 1.79 bits per heavy atom. The van der Waals surface area contributed by atoms with E-state index in [-0.39, 0.29) is 11.6 Å². The van der Waals surface area contributed by atoms with Gasteiger partial charge in [-0.15, -0.1) is 0 Å². The van der Waals surface area contributed by atoms with Gasteiger partial charge in [0.1, 0.15) is 5.60 Å². The molecular weight excluding hydrogens is 236 g/mol. The van der Waals surface area contributed by atoms with E-state index in [4.69, 9.17) is 4.74 Å². The first-order valence-corrected chi connectivity index (χ1v) is 7.92. The Labute approximate surface area is 117 Å². The van der Waals surface area contributed by atoms with Crippen molar-refractivity contribution in [3.05, 3.63) is 0 Å².